The molecule has 1 aliphatic heterocycles. The van der Waals surface area contributed by atoms with Gasteiger partial charge in [-0.3, -0.25) is 4.79 Å². The van der Waals surface area contributed by atoms with Crippen LogP contribution in [-0.4, -0.2) is 28.9 Å². The number of fused-ring (bicyclic) bond motifs is 1. The first-order valence-electron chi connectivity index (χ1n) is 9.33. The van der Waals surface area contributed by atoms with Crippen molar-refractivity contribution >= 4 is 27.5 Å². The van der Waals surface area contributed by atoms with Gasteiger partial charge in [0.25, 0.3) is 0 Å². The van der Waals surface area contributed by atoms with E-state index in [9.17, 15) is 18.0 Å². The molecular formula is C20H21F3N2OS. The molecule has 1 aromatic heterocycles. The Balaban J connectivity index is 1.43. The third-order valence-corrected chi connectivity index (χ3v) is 6.70. The van der Waals surface area contributed by atoms with Crippen LogP contribution in [0.15, 0.2) is 30.4 Å². The molecule has 0 bridgehead atoms. The van der Waals surface area contributed by atoms with E-state index in [4.69, 9.17) is 0 Å². The van der Waals surface area contributed by atoms with E-state index >= 15 is 0 Å². The Morgan fingerprint density at radius 2 is 1.93 bits per heavy atom. The van der Waals surface area contributed by atoms with Gasteiger partial charge in [0, 0.05) is 24.9 Å². The number of alkyl halides is 3. The van der Waals surface area contributed by atoms with Gasteiger partial charge in [-0.1, -0.05) is 12.2 Å². The van der Waals surface area contributed by atoms with Gasteiger partial charge in [0.1, 0.15) is 0 Å². The average Bonchev–Trinajstić information content (AvgIpc) is 3.11. The molecule has 1 atom stereocenters. The van der Waals surface area contributed by atoms with Crippen molar-refractivity contribution in [1.82, 2.24) is 9.88 Å². The number of piperidine rings is 1. The molecule has 4 rings (SSSR count). The highest BCUT2D eigenvalue weighted by Crippen LogP contribution is 2.37. The van der Waals surface area contributed by atoms with Crippen LogP contribution in [0.5, 0.6) is 0 Å². The number of allylic oxidation sites excluding steroid dienone is 2. The molecule has 2 aliphatic rings. The quantitative estimate of drug-likeness (QED) is 0.641. The summed E-state index contributed by atoms with van der Waals surface area (Å²) in [4.78, 5) is 19.1. The van der Waals surface area contributed by atoms with Crippen molar-refractivity contribution in [2.45, 2.75) is 44.2 Å². The van der Waals surface area contributed by atoms with E-state index < -0.39 is 11.7 Å². The molecule has 0 radical (unpaired) electrons. The van der Waals surface area contributed by atoms with Crippen LogP contribution in [0.4, 0.5) is 13.2 Å². The van der Waals surface area contributed by atoms with Gasteiger partial charge in [-0.05, 0) is 50.3 Å². The maximum atomic E-state index is 12.9. The van der Waals surface area contributed by atoms with Gasteiger partial charge >= 0.3 is 6.18 Å². The molecule has 1 fully saturated rings. The highest BCUT2D eigenvalue weighted by molar-refractivity contribution is 7.18. The van der Waals surface area contributed by atoms with Crippen LogP contribution in [0.1, 0.15) is 48.6 Å². The normalized spacial score (nSPS) is 21.7. The molecule has 144 valence electrons. The van der Waals surface area contributed by atoms with Crippen LogP contribution in [-0.2, 0) is 11.0 Å². The minimum absolute atomic E-state index is 0.106. The Kier molecular flexibility index (Phi) is 4.97. The molecule has 2 heterocycles. The molecule has 3 nitrogen and oxygen atoms in total. The Morgan fingerprint density at radius 1 is 1.15 bits per heavy atom. The first kappa shape index (κ1) is 18.5. The van der Waals surface area contributed by atoms with Crippen molar-refractivity contribution in [3.8, 4) is 0 Å². The molecule has 0 spiro atoms. The van der Waals surface area contributed by atoms with E-state index in [-0.39, 0.29) is 17.7 Å². The molecule has 0 unspecified atom stereocenters. The number of carbonyl (C=O) groups excluding carboxylic acids is 1. The summed E-state index contributed by atoms with van der Waals surface area (Å²) in [5.41, 5.74) is -0.244. The first-order valence-corrected chi connectivity index (χ1v) is 10.1. The number of nitrogens with zero attached hydrogens (tertiary/aromatic N) is 2. The summed E-state index contributed by atoms with van der Waals surface area (Å²) < 4.78 is 39.4. The van der Waals surface area contributed by atoms with Crippen LogP contribution in [0, 0.1) is 5.92 Å². The third-order valence-electron chi connectivity index (χ3n) is 5.51. The summed E-state index contributed by atoms with van der Waals surface area (Å²) in [6.07, 6.45) is 4.24. The number of benzene rings is 1. The Morgan fingerprint density at radius 3 is 2.59 bits per heavy atom. The standard InChI is InChI=1S/C20H21F3N2OS/c21-20(22,23)15-6-7-17-16(12-15)24-18(27-17)13-8-10-25(11-9-13)19(26)14-4-2-1-3-5-14/h1-2,6-7,12-14H,3-5,8-11H2/t14-/m0/s1. The smallest absolute Gasteiger partial charge is 0.342 e. The molecule has 1 aliphatic carbocycles. The van der Waals surface area contributed by atoms with Crippen LogP contribution < -0.4 is 0 Å². The predicted molar refractivity (Wildman–Crippen MR) is 99.7 cm³/mol. The predicted octanol–water partition coefficient (Wildman–Crippen LogP) is 5.38. The SMILES string of the molecule is O=C([C@H]1CC=CCC1)N1CCC(c2nc3cc(C(F)(F)F)ccc3s2)CC1. The van der Waals surface area contributed by atoms with Gasteiger partial charge in [0.05, 0.1) is 20.8 Å². The van der Waals surface area contributed by atoms with E-state index in [1.165, 1.54) is 17.4 Å². The second kappa shape index (κ2) is 7.26. The number of hydrogen-bond donors (Lipinski definition) is 0. The Bertz CT molecular complexity index is 866. The lowest BCUT2D eigenvalue weighted by molar-refractivity contribution is -0.138. The second-order valence-electron chi connectivity index (χ2n) is 7.31. The largest absolute Gasteiger partial charge is 0.416 e. The second-order valence-corrected chi connectivity index (χ2v) is 8.38. The minimum atomic E-state index is -4.35. The van der Waals surface area contributed by atoms with E-state index in [1.807, 2.05) is 4.90 Å². The molecular weight excluding hydrogens is 373 g/mol. The van der Waals surface area contributed by atoms with Gasteiger partial charge in [-0.15, -0.1) is 11.3 Å². The number of rotatable bonds is 2. The average molecular weight is 394 g/mol. The van der Waals surface area contributed by atoms with Gasteiger partial charge in [-0.2, -0.15) is 13.2 Å². The maximum Gasteiger partial charge on any atom is 0.416 e. The fourth-order valence-electron chi connectivity index (χ4n) is 3.92. The number of hydrogen-bond acceptors (Lipinski definition) is 3. The maximum absolute atomic E-state index is 12.9. The van der Waals surface area contributed by atoms with E-state index in [0.717, 1.165) is 53.9 Å². The van der Waals surface area contributed by atoms with Gasteiger partial charge in [0.15, 0.2) is 0 Å². The van der Waals surface area contributed by atoms with Crippen molar-refractivity contribution < 1.29 is 18.0 Å². The van der Waals surface area contributed by atoms with E-state index in [2.05, 4.69) is 17.1 Å². The summed E-state index contributed by atoms with van der Waals surface area (Å²) >= 11 is 1.47. The van der Waals surface area contributed by atoms with Crippen LogP contribution in [0.25, 0.3) is 10.2 Å². The summed E-state index contributed by atoms with van der Waals surface area (Å²) in [5, 5.41) is 0.886. The summed E-state index contributed by atoms with van der Waals surface area (Å²) in [5.74, 6) is 0.568. The van der Waals surface area contributed by atoms with Crippen LogP contribution in [0.2, 0.25) is 0 Å². The monoisotopic (exact) mass is 394 g/mol. The molecule has 1 aromatic carbocycles. The van der Waals surface area contributed by atoms with Crippen molar-refractivity contribution in [2.75, 3.05) is 13.1 Å². The number of halogens is 3. The number of likely N-dealkylation sites (tertiary alicyclic amines) is 1. The highest BCUT2D eigenvalue weighted by atomic mass is 32.1. The van der Waals surface area contributed by atoms with Gasteiger partial charge < -0.3 is 4.90 Å². The molecule has 2 aromatic rings. The zero-order chi connectivity index (χ0) is 19.0. The van der Waals surface area contributed by atoms with Gasteiger partial charge in [0.2, 0.25) is 5.91 Å². The Hall–Kier alpha value is -1.89. The van der Waals surface area contributed by atoms with Crippen LogP contribution >= 0.6 is 11.3 Å². The van der Waals surface area contributed by atoms with E-state index in [1.54, 1.807) is 0 Å². The van der Waals surface area contributed by atoms with Gasteiger partial charge in [-0.25, -0.2) is 4.98 Å². The number of carbonyl (C=O) groups is 1. The fraction of sp³-hybridized carbons (Fsp3) is 0.500. The zero-order valence-corrected chi connectivity index (χ0v) is 15.7. The first-order chi connectivity index (χ1) is 12.9. The van der Waals surface area contributed by atoms with E-state index in [0.29, 0.717) is 18.6 Å². The summed E-state index contributed by atoms with van der Waals surface area (Å²) in [6.45, 7) is 1.40. The lowest BCUT2D eigenvalue weighted by atomic mass is 9.91. The van der Waals surface area contributed by atoms with Crippen molar-refractivity contribution in [1.29, 1.82) is 0 Å². The molecule has 0 N–H and O–H groups in total. The highest BCUT2D eigenvalue weighted by Gasteiger charge is 2.32. The Labute approximate surface area is 159 Å². The molecule has 27 heavy (non-hydrogen) atoms. The number of aromatic nitrogens is 1. The summed E-state index contributed by atoms with van der Waals surface area (Å²) in [6, 6.07) is 3.75. The summed E-state index contributed by atoms with van der Waals surface area (Å²) in [7, 11) is 0. The number of amides is 1. The number of thiazole rings is 1. The van der Waals surface area contributed by atoms with Crippen molar-refractivity contribution in [3.63, 3.8) is 0 Å². The topological polar surface area (TPSA) is 33.2 Å². The molecule has 1 amide bonds. The third kappa shape index (κ3) is 3.88. The van der Waals surface area contributed by atoms with Crippen molar-refractivity contribution in [3.05, 3.63) is 40.9 Å². The lowest BCUT2D eigenvalue weighted by Gasteiger charge is -2.34. The van der Waals surface area contributed by atoms with Crippen LogP contribution in [0.3, 0.4) is 0 Å². The molecule has 1 saturated heterocycles. The zero-order valence-electron chi connectivity index (χ0n) is 14.8. The van der Waals surface area contributed by atoms with Crippen molar-refractivity contribution in [2.24, 2.45) is 5.92 Å². The minimum Gasteiger partial charge on any atom is -0.342 e. The molecule has 7 heteroatoms. The molecule has 0 saturated carbocycles. The fourth-order valence-corrected chi connectivity index (χ4v) is 5.04. The lowest BCUT2D eigenvalue weighted by Crippen LogP contribution is -2.41.